The Bertz CT molecular complexity index is 424. The first kappa shape index (κ1) is 10.0. The maximum atomic E-state index is 11.7. The van der Waals surface area contributed by atoms with Crippen molar-refractivity contribution in [2.24, 2.45) is 0 Å². The van der Waals surface area contributed by atoms with Crippen molar-refractivity contribution in [1.29, 1.82) is 0 Å². The molecule has 1 aromatic carbocycles. The Balaban J connectivity index is 2.05. The van der Waals surface area contributed by atoms with E-state index < -0.39 is 0 Å². The first-order chi connectivity index (χ1) is 7.80. The van der Waals surface area contributed by atoms with Crippen LogP contribution in [0.25, 0.3) is 0 Å². The Morgan fingerprint density at radius 2 is 2.12 bits per heavy atom. The van der Waals surface area contributed by atoms with Crippen molar-refractivity contribution in [3.05, 3.63) is 35.4 Å². The van der Waals surface area contributed by atoms with Crippen molar-refractivity contribution < 1.29 is 9.53 Å². The highest BCUT2D eigenvalue weighted by molar-refractivity contribution is 5.81. The molecule has 0 saturated heterocycles. The molecule has 1 aliphatic heterocycles. The normalized spacial score (nSPS) is 29.1. The monoisotopic (exact) mass is 216 g/mol. The molecule has 1 saturated carbocycles. The summed E-state index contributed by atoms with van der Waals surface area (Å²) in [4.78, 5) is 11.7. The third-order valence-corrected chi connectivity index (χ3v) is 3.87. The second-order valence-electron chi connectivity index (χ2n) is 5.00. The van der Waals surface area contributed by atoms with Gasteiger partial charge in [0.1, 0.15) is 5.78 Å². The predicted molar refractivity (Wildman–Crippen MR) is 61.3 cm³/mol. The fraction of sp³-hybridized carbons (Fsp3) is 0.500. The van der Waals surface area contributed by atoms with Crippen LogP contribution in [0.1, 0.15) is 36.8 Å². The second-order valence-corrected chi connectivity index (χ2v) is 5.00. The molecule has 2 aliphatic rings. The summed E-state index contributed by atoms with van der Waals surface area (Å²) in [5.41, 5.74) is 2.61. The van der Waals surface area contributed by atoms with Crippen molar-refractivity contribution in [2.75, 3.05) is 6.61 Å². The summed E-state index contributed by atoms with van der Waals surface area (Å²) in [6, 6.07) is 8.42. The lowest BCUT2D eigenvalue weighted by molar-refractivity contribution is -0.123. The summed E-state index contributed by atoms with van der Waals surface area (Å²) < 4.78 is 5.69. The molecule has 3 rings (SSSR count). The van der Waals surface area contributed by atoms with E-state index in [4.69, 9.17) is 4.74 Å². The minimum Gasteiger partial charge on any atom is -0.376 e. The number of Topliss-reactive ketones (excluding diaryl/α,β-unsaturated/α-hetero) is 1. The number of carbonyl (C=O) groups excluding carboxylic acids is 1. The molecule has 0 N–H and O–H groups in total. The highest BCUT2D eigenvalue weighted by Crippen LogP contribution is 2.42. The average Bonchev–Trinajstić information content (AvgIpc) is 2.30. The van der Waals surface area contributed by atoms with Crippen molar-refractivity contribution in [1.82, 2.24) is 0 Å². The zero-order valence-electron chi connectivity index (χ0n) is 9.37. The van der Waals surface area contributed by atoms with E-state index in [0.717, 1.165) is 25.9 Å². The van der Waals surface area contributed by atoms with Gasteiger partial charge in [0.15, 0.2) is 0 Å². The number of carbonyl (C=O) groups is 1. The maximum absolute atomic E-state index is 11.7. The van der Waals surface area contributed by atoms with Crippen LogP contribution in [-0.4, -0.2) is 12.4 Å². The summed E-state index contributed by atoms with van der Waals surface area (Å²) in [5.74, 6) is 0.395. The van der Waals surface area contributed by atoms with Crippen LogP contribution in [0.2, 0.25) is 0 Å². The van der Waals surface area contributed by atoms with E-state index in [9.17, 15) is 4.79 Å². The van der Waals surface area contributed by atoms with Crippen molar-refractivity contribution >= 4 is 5.78 Å². The van der Waals surface area contributed by atoms with E-state index in [1.165, 1.54) is 11.1 Å². The quantitative estimate of drug-likeness (QED) is 0.666. The van der Waals surface area contributed by atoms with Crippen LogP contribution in [-0.2, 0) is 21.6 Å². The van der Waals surface area contributed by atoms with E-state index in [2.05, 4.69) is 18.2 Å². The molecule has 0 aromatic heterocycles. The van der Waals surface area contributed by atoms with Crippen molar-refractivity contribution in [3.8, 4) is 0 Å². The van der Waals surface area contributed by atoms with Gasteiger partial charge in [0, 0.05) is 18.3 Å². The number of benzene rings is 1. The number of fused-ring (bicyclic) bond motifs is 2. The molecule has 2 nitrogen and oxygen atoms in total. The SMILES string of the molecule is O=C1CCCC2(COCc3ccccc32)C1. The zero-order valence-corrected chi connectivity index (χ0v) is 9.37. The highest BCUT2D eigenvalue weighted by Gasteiger charge is 2.40. The van der Waals surface area contributed by atoms with Crippen LogP contribution in [0, 0.1) is 0 Å². The molecule has 1 atom stereocenters. The summed E-state index contributed by atoms with van der Waals surface area (Å²) in [6.07, 6.45) is 3.53. The number of hydrogen-bond acceptors (Lipinski definition) is 2. The standard InChI is InChI=1S/C14H16O2/c15-12-5-3-7-14(8-12)10-16-9-11-4-1-2-6-13(11)14/h1-2,4,6H,3,5,7-10H2. The molecule has 1 spiro atoms. The van der Waals surface area contributed by atoms with Gasteiger partial charge in [-0.25, -0.2) is 0 Å². The lowest BCUT2D eigenvalue weighted by Gasteiger charge is -2.41. The molecule has 1 aromatic rings. The third kappa shape index (κ3) is 1.49. The predicted octanol–water partition coefficient (Wildman–Crippen LogP) is 2.60. The van der Waals surface area contributed by atoms with Crippen molar-refractivity contribution in [3.63, 3.8) is 0 Å². The Morgan fingerprint density at radius 1 is 1.25 bits per heavy atom. The molecule has 1 heterocycles. The lowest BCUT2D eigenvalue weighted by atomic mass is 9.67. The van der Waals surface area contributed by atoms with Gasteiger partial charge in [-0.15, -0.1) is 0 Å². The van der Waals surface area contributed by atoms with Crippen LogP contribution >= 0.6 is 0 Å². The molecule has 0 radical (unpaired) electrons. The number of ketones is 1. The van der Waals surface area contributed by atoms with Gasteiger partial charge in [-0.3, -0.25) is 4.79 Å². The molecule has 0 amide bonds. The summed E-state index contributed by atoms with van der Waals surface area (Å²) in [6.45, 7) is 1.42. The molecular weight excluding hydrogens is 200 g/mol. The Labute approximate surface area is 95.6 Å². The third-order valence-electron chi connectivity index (χ3n) is 3.87. The minimum absolute atomic E-state index is 0.00975. The Morgan fingerprint density at radius 3 is 3.00 bits per heavy atom. The summed E-state index contributed by atoms with van der Waals surface area (Å²) >= 11 is 0. The zero-order chi connectivity index (χ0) is 11.0. The van der Waals surface area contributed by atoms with E-state index in [0.29, 0.717) is 18.8 Å². The van der Waals surface area contributed by atoms with Gasteiger partial charge in [0.2, 0.25) is 0 Å². The van der Waals surface area contributed by atoms with Gasteiger partial charge in [-0.1, -0.05) is 24.3 Å². The second kappa shape index (κ2) is 3.70. The Hall–Kier alpha value is -1.15. The Kier molecular flexibility index (Phi) is 2.32. The number of hydrogen-bond donors (Lipinski definition) is 0. The molecule has 1 aliphatic carbocycles. The van der Waals surface area contributed by atoms with Crippen LogP contribution < -0.4 is 0 Å². The van der Waals surface area contributed by atoms with Gasteiger partial charge in [0.25, 0.3) is 0 Å². The molecule has 1 fully saturated rings. The first-order valence-electron chi connectivity index (χ1n) is 5.98. The van der Waals surface area contributed by atoms with Gasteiger partial charge < -0.3 is 4.74 Å². The van der Waals surface area contributed by atoms with Gasteiger partial charge in [0.05, 0.1) is 13.2 Å². The van der Waals surface area contributed by atoms with Gasteiger partial charge in [-0.2, -0.15) is 0 Å². The summed E-state index contributed by atoms with van der Waals surface area (Å²) in [5, 5.41) is 0. The van der Waals surface area contributed by atoms with Crippen molar-refractivity contribution in [2.45, 2.75) is 37.7 Å². The van der Waals surface area contributed by atoms with E-state index >= 15 is 0 Å². The largest absolute Gasteiger partial charge is 0.376 e. The molecule has 0 bridgehead atoms. The van der Waals surface area contributed by atoms with Crippen LogP contribution in [0.15, 0.2) is 24.3 Å². The fourth-order valence-corrected chi connectivity index (χ4v) is 3.13. The average molecular weight is 216 g/mol. The van der Waals surface area contributed by atoms with Gasteiger partial charge >= 0.3 is 0 Å². The number of rotatable bonds is 0. The van der Waals surface area contributed by atoms with Crippen LogP contribution in [0.5, 0.6) is 0 Å². The lowest BCUT2D eigenvalue weighted by Crippen LogP contribution is -2.41. The first-order valence-corrected chi connectivity index (χ1v) is 5.98. The fourth-order valence-electron chi connectivity index (χ4n) is 3.13. The van der Waals surface area contributed by atoms with Gasteiger partial charge in [-0.05, 0) is 24.0 Å². The topological polar surface area (TPSA) is 26.3 Å². The smallest absolute Gasteiger partial charge is 0.133 e. The summed E-state index contributed by atoms with van der Waals surface area (Å²) in [7, 11) is 0. The minimum atomic E-state index is -0.00975. The molecular formula is C14H16O2. The van der Waals surface area contributed by atoms with Crippen LogP contribution in [0.4, 0.5) is 0 Å². The van der Waals surface area contributed by atoms with Crippen LogP contribution in [0.3, 0.4) is 0 Å². The van der Waals surface area contributed by atoms with E-state index in [1.807, 2.05) is 6.07 Å². The number of ether oxygens (including phenoxy) is 1. The molecule has 84 valence electrons. The molecule has 1 unspecified atom stereocenters. The van der Waals surface area contributed by atoms with E-state index in [1.54, 1.807) is 0 Å². The van der Waals surface area contributed by atoms with E-state index in [-0.39, 0.29) is 5.41 Å². The highest BCUT2D eigenvalue weighted by atomic mass is 16.5. The molecule has 16 heavy (non-hydrogen) atoms. The maximum Gasteiger partial charge on any atom is 0.133 e. The molecule has 2 heteroatoms.